The third-order valence-electron chi connectivity index (χ3n) is 3.92. The summed E-state index contributed by atoms with van der Waals surface area (Å²) in [6, 6.07) is 11.3. The van der Waals surface area contributed by atoms with Crippen LogP contribution in [0.1, 0.15) is 36.7 Å². The van der Waals surface area contributed by atoms with Crippen molar-refractivity contribution in [3.63, 3.8) is 0 Å². The Kier molecular flexibility index (Phi) is 3.58. The third kappa shape index (κ3) is 3.01. The average molecular weight is 255 g/mol. The average Bonchev–Trinajstić information content (AvgIpc) is 3.07. The van der Waals surface area contributed by atoms with Gasteiger partial charge in [0.15, 0.2) is 0 Å². The van der Waals surface area contributed by atoms with Crippen LogP contribution in [0, 0.1) is 0 Å². The fourth-order valence-corrected chi connectivity index (χ4v) is 2.83. The number of hydrogen-bond acceptors (Lipinski definition) is 2. The molecule has 0 amide bonds. The number of aryl methyl sites for hydroxylation is 3. The third-order valence-corrected chi connectivity index (χ3v) is 3.92. The van der Waals surface area contributed by atoms with E-state index in [1.54, 1.807) is 6.26 Å². The summed E-state index contributed by atoms with van der Waals surface area (Å²) in [6.07, 6.45) is 7.63. The van der Waals surface area contributed by atoms with Crippen molar-refractivity contribution in [2.45, 2.75) is 45.1 Å². The van der Waals surface area contributed by atoms with E-state index in [2.05, 4.69) is 30.4 Å². The van der Waals surface area contributed by atoms with Gasteiger partial charge in [-0.3, -0.25) is 0 Å². The predicted molar refractivity (Wildman–Crippen MR) is 78.6 cm³/mol. The summed E-state index contributed by atoms with van der Waals surface area (Å²) >= 11 is 0. The van der Waals surface area contributed by atoms with Crippen LogP contribution < -0.4 is 5.32 Å². The number of furan rings is 1. The van der Waals surface area contributed by atoms with E-state index in [-0.39, 0.29) is 0 Å². The van der Waals surface area contributed by atoms with Crippen LogP contribution in [0.2, 0.25) is 0 Å². The first-order chi connectivity index (χ1) is 9.31. The second kappa shape index (κ2) is 5.52. The quantitative estimate of drug-likeness (QED) is 0.866. The molecule has 100 valence electrons. The monoisotopic (exact) mass is 255 g/mol. The maximum atomic E-state index is 5.37. The maximum Gasteiger partial charge on any atom is 0.103 e. The second-order valence-corrected chi connectivity index (χ2v) is 5.50. The molecular formula is C17H21NO. The summed E-state index contributed by atoms with van der Waals surface area (Å²) in [5.41, 5.74) is 4.32. The lowest BCUT2D eigenvalue weighted by Crippen LogP contribution is -2.16. The number of fused-ring (bicyclic) bond motifs is 1. The van der Waals surface area contributed by atoms with E-state index in [1.165, 1.54) is 36.1 Å². The largest absolute Gasteiger partial charge is 0.469 e. The van der Waals surface area contributed by atoms with E-state index < -0.39 is 0 Å². The van der Waals surface area contributed by atoms with Crippen LogP contribution in [-0.2, 0) is 19.3 Å². The molecule has 1 aliphatic rings. The highest BCUT2D eigenvalue weighted by Crippen LogP contribution is 2.25. The molecule has 0 radical (unpaired) electrons. The Labute approximate surface area is 114 Å². The van der Waals surface area contributed by atoms with Crippen molar-refractivity contribution in [2.75, 3.05) is 5.32 Å². The summed E-state index contributed by atoms with van der Waals surface area (Å²) in [5.74, 6) is 1.07. The number of nitrogens with one attached hydrogen (secondary N) is 1. The lowest BCUT2D eigenvalue weighted by atomic mass is 10.1. The molecule has 0 spiro atoms. The Hall–Kier alpha value is -1.70. The molecule has 0 bridgehead atoms. The van der Waals surface area contributed by atoms with Gasteiger partial charge in [0.05, 0.1) is 6.26 Å². The van der Waals surface area contributed by atoms with Gasteiger partial charge in [0.1, 0.15) is 5.76 Å². The molecule has 2 aromatic rings. The van der Waals surface area contributed by atoms with Gasteiger partial charge < -0.3 is 9.73 Å². The molecule has 1 aliphatic carbocycles. The van der Waals surface area contributed by atoms with E-state index >= 15 is 0 Å². The Balaban J connectivity index is 1.55. The number of benzene rings is 1. The number of hydrogen-bond donors (Lipinski definition) is 1. The molecule has 3 rings (SSSR count). The van der Waals surface area contributed by atoms with Gasteiger partial charge in [-0.05, 0) is 68.0 Å². The normalized spacial score (nSPS) is 15.2. The van der Waals surface area contributed by atoms with Crippen LogP contribution in [-0.4, -0.2) is 6.04 Å². The molecule has 1 aromatic heterocycles. The first kappa shape index (κ1) is 12.3. The summed E-state index contributed by atoms with van der Waals surface area (Å²) < 4.78 is 5.37. The molecule has 1 aromatic carbocycles. The zero-order valence-corrected chi connectivity index (χ0v) is 11.5. The van der Waals surface area contributed by atoms with E-state index in [1.807, 2.05) is 12.1 Å². The molecule has 0 aliphatic heterocycles. The van der Waals surface area contributed by atoms with Crippen LogP contribution in [0.4, 0.5) is 5.69 Å². The van der Waals surface area contributed by atoms with Crippen molar-refractivity contribution < 1.29 is 4.42 Å². The number of rotatable bonds is 5. The molecule has 1 atom stereocenters. The van der Waals surface area contributed by atoms with E-state index in [9.17, 15) is 0 Å². The van der Waals surface area contributed by atoms with Crippen LogP contribution in [0.25, 0.3) is 0 Å². The smallest absolute Gasteiger partial charge is 0.103 e. The molecule has 1 heterocycles. The van der Waals surface area contributed by atoms with Gasteiger partial charge in [-0.25, -0.2) is 0 Å². The minimum absolute atomic E-state index is 0.463. The van der Waals surface area contributed by atoms with Gasteiger partial charge >= 0.3 is 0 Å². The van der Waals surface area contributed by atoms with Gasteiger partial charge in [0.2, 0.25) is 0 Å². The topological polar surface area (TPSA) is 25.2 Å². The van der Waals surface area contributed by atoms with Crippen molar-refractivity contribution in [3.05, 3.63) is 53.5 Å². The molecular weight excluding hydrogens is 234 g/mol. The Morgan fingerprint density at radius 2 is 2.11 bits per heavy atom. The van der Waals surface area contributed by atoms with Crippen molar-refractivity contribution in [1.82, 2.24) is 0 Å². The summed E-state index contributed by atoms with van der Waals surface area (Å²) in [7, 11) is 0. The first-order valence-electron chi connectivity index (χ1n) is 7.22. The van der Waals surface area contributed by atoms with Gasteiger partial charge in [0.25, 0.3) is 0 Å². The summed E-state index contributed by atoms with van der Waals surface area (Å²) in [4.78, 5) is 0. The summed E-state index contributed by atoms with van der Waals surface area (Å²) in [5, 5.41) is 3.59. The fourth-order valence-electron chi connectivity index (χ4n) is 2.83. The van der Waals surface area contributed by atoms with Crippen molar-refractivity contribution in [3.8, 4) is 0 Å². The van der Waals surface area contributed by atoms with Crippen LogP contribution >= 0.6 is 0 Å². The highest BCUT2D eigenvalue weighted by molar-refractivity contribution is 5.50. The van der Waals surface area contributed by atoms with Gasteiger partial charge in [-0.2, -0.15) is 0 Å². The minimum Gasteiger partial charge on any atom is -0.469 e. The lowest BCUT2D eigenvalue weighted by Gasteiger charge is -2.15. The van der Waals surface area contributed by atoms with Crippen molar-refractivity contribution in [2.24, 2.45) is 0 Å². The van der Waals surface area contributed by atoms with Crippen LogP contribution in [0.15, 0.2) is 41.0 Å². The van der Waals surface area contributed by atoms with Crippen molar-refractivity contribution in [1.29, 1.82) is 0 Å². The van der Waals surface area contributed by atoms with Crippen molar-refractivity contribution >= 4 is 5.69 Å². The molecule has 1 unspecified atom stereocenters. The molecule has 2 heteroatoms. The Morgan fingerprint density at radius 3 is 2.95 bits per heavy atom. The van der Waals surface area contributed by atoms with Gasteiger partial charge in [0, 0.05) is 18.2 Å². The molecule has 0 saturated heterocycles. The molecule has 0 fully saturated rings. The van der Waals surface area contributed by atoms with Crippen LogP contribution in [0.3, 0.4) is 0 Å². The fraction of sp³-hybridized carbons (Fsp3) is 0.412. The van der Waals surface area contributed by atoms with Crippen LogP contribution in [0.5, 0.6) is 0 Å². The molecule has 19 heavy (non-hydrogen) atoms. The SMILES string of the molecule is CC(CCc1ccco1)Nc1ccc2c(c1)CCC2. The zero-order chi connectivity index (χ0) is 13.1. The van der Waals surface area contributed by atoms with E-state index in [0.717, 1.165) is 18.6 Å². The molecule has 1 N–H and O–H groups in total. The standard InChI is InChI=1S/C17H21NO/c1-13(7-10-17-6-3-11-19-17)18-16-9-8-14-4-2-5-15(14)12-16/h3,6,8-9,11-13,18H,2,4-5,7,10H2,1H3. The minimum atomic E-state index is 0.463. The maximum absolute atomic E-state index is 5.37. The highest BCUT2D eigenvalue weighted by Gasteiger charge is 2.11. The lowest BCUT2D eigenvalue weighted by molar-refractivity contribution is 0.495. The summed E-state index contributed by atoms with van der Waals surface area (Å²) in [6.45, 7) is 2.23. The zero-order valence-electron chi connectivity index (χ0n) is 11.5. The highest BCUT2D eigenvalue weighted by atomic mass is 16.3. The van der Waals surface area contributed by atoms with E-state index in [4.69, 9.17) is 4.42 Å². The molecule has 0 saturated carbocycles. The predicted octanol–water partition coefficient (Wildman–Crippen LogP) is 4.20. The number of anilines is 1. The Morgan fingerprint density at radius 1 is 1.21 bits per heavy atom. The van der Waals surface area contributed by atoms with Gasteiger partial charge in [-0.1, -0.05) is 6.07 Å². The second-order valence-electron chi connectivity index (χ2n) is 5.50. The Bertz CT molecular complexity index is 530. The first-order valence-corrected chi connectivity index (χ1v) is 7.22. The van der Waals surface area contributed by atoms with E-state index in [0.29, 0.717) is 6.04 Å². The molecule has 2 nitrogen and oxygen atoms in total. The van der Waals surface area contributed by atoms with Gasteiger partial charge in [-0.15, -0.1) is 0 Å².